The molecule has 4 aliphatic heterocycles. The lowest BCUT2D eigenvalue weighted by atomic mass is 9.99. The van der Waals surface area contributed by atoms with Gasteiger partial charge in [0.1, 0.15) is 17.2 Å². The number of hydrogen-bond acceptors (Lipinski definition) is 5. The number of carbonyl (C=O) groups is 2. The van der Waals surface area contributed by atoms with Crippen molar-refractivity contribution in [1.82, 2.24) is 9.80 Å². The summed E-state index contributed by atoms with van der Waals surface area (Å²) in [5, 5.41) is 14.5. The molecule has 6 fully saturated rings. The van der Waals surface area contributed by atoms with Crippen LogP contribution in [0.25, 0.3) is 4.95 Å². The smallest absolute Gasteiger partial charge is 0.295 e. The summed E-state index contributed by atoms with van der Waals surface area (Å²) in [6, 6.07) is 10.3. The van der Waals surface area contributed by atoms with Gasteiger partial charge in [0.2, 0.25) is 12.2 Å². The largest absolute Gasteiger partial charge is 0.326 e. The van der Waals surface area contributed by atoms with Gasteiger partial charge < -0.3 is 9.80 Å². The highest BCUT2D eigenvalue weighted by Gasteiger charge is 2.60. The summed E-state index contributed by atoms with van der Waals surface area (Å²) in [5.41, 5.74) is 1.21. The van der Waals surface area contributed by atoms with Gasteiger partial charge in [0.15, 0.2) is 0 Å². The van der Waals surface area contributed by atoms with E-state index in [1.54, 1.807) is 36.4 Å². The van der Waals surface area contributed by atoms with E-state index in [-0.39, 0.29) is 23.9 Å². The molecule has 2 aliphatic carbocycles. The third kappa shape index (κ3) is 4.42. The van der Waals surface area contributed by atoms with E-state index >= 15 is 0 Å². The topological polar surface area (TPSA) is 100.0 Å². The number of rotatable bonds is 2. The van der Waals surface area contributed by atoms with Crippen LogP contribution in [0.2, 0.25) is 20.1 Å². The fourth-order valence-electron chi connectivity index (χ4n) is 7.91. The van der Waals surface area contributed by atoms with Crippen molar-refractivity contribution in [2.45, 2.75) is 62.7 Å². The van der Waals surface area contributed by atoms with Gasteiger partial charge in [-0.1, -0.05) is 46.4 Å². The molecule has 0 N–H and O–H groups in total. The SMILES string of the molecule is N#CN=C1N(c2ccc(Cl)c(Cl)c2)C(=O)[C@H]2C3CCC(C3)N12.[C-]#[N+]/N=C1\N(c2ccc(Cl)c(Cl)c2)C(=O)[C@@H]2C3CCC(C3)N12. The van der Waals surface area contributed by atoms with Gasteiger partial charge in [-0.25, -0.2) is 9.80 Å². The van der Waals surface area contributed by atoms with Crippen molar-refractivity contribution in [3.8, 4) is 6.19 Å². The van der Waals surface area contributed by atoms with Crippen molar-refractivity contribution in [3.63, 3.8) is 0 Å². The van der Waals surface area contributed by atoms with Gasteiger partial charge >= 0.3 is 0 Å². The van der Waals surface area contributed by atoms with Crippen LogP contribution in [0.1, 0.15) is 38.5 Å². The second-order valence-corrected chi connectivity index (χ2v) is 13.3. The van der Waals surface area contributed by atoms with Crippen LogP contribution in [0.3, 0.4) is 0 Å². The van der Waals surface area contributed by atoms with Gasteiger partial charge in [-0.3, -0.25) is 9.59 Å². The van der Waals surface area contributed by atoms with Crippen molar-refractivity contribution >= 4 is 81.5 Å². The van der Waals surface area contributed by atoms with E-state index in [4.69, 9.17) is 58.2 Å². The number of amides is 2. The summed E-state index contributed by atoms with van der Waals surface area (Å²) in [4.78, 5) is 39.9. The number of nitrogens with zero attached hydrogens (tertiary/aromatic N) is 8. The maximum Gasteiger partial charge on any atom is 0.295 e. The molecule has 0 radical (unpaired) electrons. The van der Waals surface area contributed by atoms with Crippen molar-refractivity contribution in [3.05, 3.63) is 68.0 Å². The quantitative estimate of drug-likeness (QED) is 0.209. The molecule has 14 heteroatoms. The van der Waals surface area contributed by atoms with Crippen LogP contribution in [0.15, 0.2) is 46.5 Å². The van der Waals surface area contributed by atoms with Crippen molar-refractivity contribution < 1.29 is 9.59 Å². The Morgan fingerprint density at radius 2 is 1.23 bits per heavy atom. The number of carbonyl (C=O) groups excluding carboxylic acids is 2. The highest BCUT2D eigenvalue weighted by molar-refractivity contribution is 6.43. The molecule has 4 saturated heterocycles. The van der Waals surface area contributed by atoms with Gasteiger partial charge in [0.25, 0.3) is 17.8 Å². The minimum absolute atomic E-state index is 0.0204. The summed E-state index contributed by atoms with van der Waals surface area (Å²) in [6.45, 7) is 7.07. The Morgan fingerprint density at radius 3 is 1.68 bits per heavy atom. The molecule has 0 spiro atoms. The molecule has 4 bridgehead atoms. The Hall–Kier alpha value is -3.54. The lowest BCUT2D eigenvalue weighted by molar-refractivity contribution is -0.121. The molecule has 8 rings (SSSR count). The molecule has 6 aliphatic rings. The second-order valence-electron chi connectivity index (χ2n) is 11.7. The van der Waals surface area contributed by atoms with E-state index in [9.17, 15) is 9.59 Å². The van der Waals surface area contributed by atoms with Gasteiger partial charge in [-0.15, -0.1) is 9.95 Å². The fraction of sp³-hybridized carbons (Fsp3) is 0.400. The van der Waals surface area contributed by atoms with E-state index in [0.29, 0.717) is 67.3 Å². The van der Waals surface area contributed by atoms with Crippen LogP contribution >= 0.6 is 46.4 Å². The molecule has 224 valence electrons. The van der Waals surface area contributed by atoms with Gasteiger partial charge in [-0.2, -0.15) is 11.8 Å². The molecular formula is C30H24Cl4N8O2. The van der Waals surface area contributed by atoms with Crippen LogP contribution in [-0.4, -0.2) is 57.7 Å². The van der Waals surface area contributed by atoms with E-state index in [1.165, 1.54) is 9.80 Å². The Kier molecular flexibility index (Phi) is 7.37. The normalized spacial score (nSPS) is 31.0. The van der Waals surface area contributed by atoms with Crippen LogP contribution in [-0.2, 0) is 9.59 Å². The third-order valence-electron chi connectivity index (χ3n) is 9.59. The number of hydrogen-bond donors (Lipinski definition) is 0. The van der Waals surface area contributed by atoms with Gasteiger partial charge in [0, 0.05) is 12.1 Å². The summed E-state index contributed by atoms with van der Waals surface area (Å²) < 4.78 is 0. The van der Waals surface area contributed by atoms with Crippen LogP contribution < -0.4 is 9.80 Å². The maximum absolute atomic E-state index is 12.9. The molecule has 4 heterocycles. The predicted octanol–water partition coefficient (Wildman–Crippen LogP) is 6.41. The molecule has 44 heavy (non-hydrogen) atoms. The third-order valence-corrected chi connectivity index (χ3v) is 11.1. The molecule has 6 atom stereocenters. The Bertz CT molecular complexity index is 1610. The van der Waals surface area contributed by atoms with Gasteiger partial charge in [0.05, 0.1) is 31.5 Å². The lowest BCUT2D eigenvalue weighted by Crippen LogP contribution is -2.41. The van der Waals surface area contributed by atoms with E-state index in [0.717, 1.165) is 38.5 Å². The summed E-state index contributed by atoms with van der Waals surface area (Å²) in [5.74, 6) is 1.52. The first kappa shape index (κ1) is 29.2. The molecule has 2 aromatic carbocycles. The van der Waals surface area contributed by atoms with Crippen molar-refractivity contribution in [1.29, 1.82) is 5.26 Å². The summed E-state index contributed by atoms with van der Waals surface area (Å²) >= 11 is 24.0. The van der Waals surface area contributed by atoms with Crippen molar-refractivity contribution in [2.24, 2.45) is 21.9 Å². The zero-order valence-corrected chi connectivity index (χ0v) is 26.1. The zero-order chi connectivity index (χ0) is 30.9. The number of aliphatic imine (C=N–C) groups is 1. The Balaban J connectivity index is 0.000000142. The van der Waals surface area contributed by atoms with Crippen molar-refractivity contribution in [2.75, 3.05) is 9.80 Å². The number of anilines is 2. The Morgan fingerprint density at radius 1 is 0.750 bits per heavy atom. The molecule has 2 saturated carbocycles. The standard InChI is InChI=1S/2C15H12Cl2N4O/c1-18-19-15-20-9-3-2-8(6-9)13(20)14(22)21(15)10-4-5-11(16)12(17)7-10;16-11-4-3-10(6-12(11)17)21-14(22)13-8-1-2-9(5-8)20(13)15(21)19-7-18/h4-5,7-9,13H,2-3,6H2;3-4,6,8-9,13H,1-2,5H2/b19-15-;/t2*8?,9?,13-/m01/s1. The fourth-order valence-corrected chi connectivity index (χ4v) is 8.49. The predicted molar refractivity (Wildman–Crippen MR) is 168 cm³/mol. The van der Waals surface area contributed by atoms with Gasteiger partial charge in [-0.05, 0) is 86.8 Å². The lowest BCUT2D eigenvalue weighted by Gasteiger charge is -2.28. The number of nitriles is 1. The van der Waals surface area contributed by atoms with E-state index < -0.39 is 0 Å². The number of piperidine rings is 2. The number of benzene rings is 2. The number of guanidine groups is 2. The maximum atomic E-state index is 12.9. The monoisotopic (exact) mass is 668 g/mol. The average molecular weight is 670 g/mol. The van der Waals surface area contributed by atoms with Crippen LogP contribution in [0.4, 0.5) is 11.4 Å². The van der Waals surface area contributed by atoms with E-state index in [2.05, 4.69) is 15.0 Å². The van der Waals surface area contributed by atoms with Crippen LogP contribution in [0.5, 0.6) is 0 Å². The minimum Gasteiger partial charge on any atom is -0.326 e. The first-order valence-corrected chi connectivity index (χ1v) is 15.8. The molecular weight excluding hydrogens is 646 g/mol. The number of halogens is 4. The first-order chi connectivity index (χ1) is 21.2. The summed E-state index contributed by atoms with van der Waals surface area (Å²) in [7, 11) is 0. The zero-order valence-electron chi connectivity index (χ0n) is 23.1. The molecule has 4 unspecified atom stereocenters. The van der Waals surface area contributed by atoms with E-state index in [1.807, 2.05) is 16.0 Å². The minimum atomic E-state index is -0.194. The molecule has 2 aromatic rings. The average Bonchev–Trinajstić information content (AvgIpc) is 3.85. The summed E-state index contributed by atoms with van der Waals surface area (Å²) in [6.07, 6.45) is 8.08. The molecule has 0 aromatic heterocycles. The highest BCUT2D eigenvalue weighted by Crippen LogP contribution is 2.49. The number of fused-ring (bicyclic) bond motifs is 10. The molecule has 10 nitrogen and oxygen atoms in total. The van der Waals surface area contributed by atoms with Crippen LogP contribution in [0, 0.1) is 29.9 Å². The highest BCUT2D eigenvalue weighted by atomic mass is 35.5. The second kappa shape index (κ2) is 11.1. The molecule has 2 amide bonds. The Labute approximate surface area is 273 Å². The first-order valence-electron chi connectivity index (χ1n) is 14.3.